The number of hydrogen-bond acceptors (Lipinski definition) is 4. The number of anilines is 2. The standard InChI is InChI=1S/C16H12N4/c1-11-18-10-14(9-17)16(19-11)20-15-7-6-12-4-2-3-5-13(12)8-15/h2-8,10H,1H3,(H,18,19,20). The SMILES string of the molecule is Cc1ncc(C#N)c(Nc2ccc3ccccc3c2)n1. The van der Waals surface area contributed by atoms with Crippen molar-refractivity contribution >= 4 is 22.3 Å². The molecule has 4 heteroatoms. The number of benzene rings is 2. The van der Waals surface area contributed by atoms with Gasteiger partial charge >= 0.3 is 0 Å². The first-order valence-corrected chi connectivity index (χ1v) is 6.26. The van der Waals surface area contributed by atoms with Gasteiger partial charge in [-0.25, -0.2) is 9.97 Å². The van der Waals surface area contributed by atoms with Crippen molar-refractivity contribution in [2.75, 3.05) is 5.32 Å². The van der Waals surface area contributed by atoms with Crippen molar-refractivity contribution in [3.8, 4) is 6.07 Å². The summed E-state index contributed by atoms with van der Waals surface area (Å²) in [6.07, 6.45) is 1.53. The third-order valence-corrected chi connectivity index (χ3v) is 3.04. The molecule has 1 heterocycles. The van der Waals surface area contributed by atoms with E-state index in [1.807, 2.05) is 30.3 Å². The van der Waals surface area contributed by atoms with Gasteiger partial charge in [0.25, 0.3) is 0 Å². The molecule has 0 spiro atoms. The number of nitrogens with zero attached hydrogens (tertiary/aromatic N) is 3. The highest BCUT2D eigenvalue weighted by Gasteiger charge is 2.05. The second-order valence-electron chi connectivity index (χ2n) is 4.48. The van der Waals surface area contributed by atoms with Crippen LogP contribution in [0.25, 0.3) is 10.8 Å². The van der Waals surface area contributed by atoms with E-state index in [2.05, 4.69) is 33.5 Å². The number of nitrogens with one attached hydrogen (secondary N) is 1. The Morgan fingerprint density at radius 3 is 2.70 bits per heavy atom. The van der Waals surface area contributed by atoms with Crippen molar-refractivity contribution in [1.29, 1.82) is 5.26 Å². The summed E-state index contributed by atoms with van der Waals surface area (Å²) in [4.78, 5) is 8.30. The van der Waals surface area contributed by atoms with Gasteiger partial charge < -0.3 is 5.32 Å². The van der Waals surface area contributed by atoms with E-state index in [4.69, 9.17) is 5.26 Å². The van der Waals surface area contributed by atoms with Gasteiger partial charge in [0.2, 0.25) is 0 Å². The summed E-state index contributed by atoms with van der Waals surface area (Å²) in [5.74, 6) is 1.17. The van der Waals surface area contributed by atoms with Crippen molar-refractivity contribution in [2.24, 2.45) is 0 Å². The highest BCUT2D eigenvalue weighted by molar-refractivity contribution is 5.86. The molecule has 20 heavy (non-hydrogen) atoms. The van der Waals surface area contributed by atoms with Crippen LogP contribution in [0.15, 0.2) is 48.7 Å². The summed E-state index contributed by atoms with van der Waals surface area (Å²) in [5, 5.41) is 14.6. The lowest BCUT2D eigenvalue weighted by Crippen LogP contribution is -2.00. The minimum atomic E-state index is 0.434. The Morgan fingerprint density at radius 2 is 1.90 bits per heavy atom. The number of hydrogen-bond donors (Lipinski definition) is 1. The molecule has 0 aliphatic carbocycles. The van der Waals surface area contributed by atoms with Crippen LogP contribution in [0.1, 0.15) is 11.4 Å². The van der Waals surface area contributed by atoms with Crippen molar-refractivity contribution < 1.29 is 0 Å². The fourth-order valence-corrected chi connectivity index (χ4v) is 2.05. The van der Waals surface area contributed by atoms with Crippen molar-refractivity contribution in [1.82, 2.24) is 9.97 Å². The minimum absolute atomic E-state index is 0.434. The first-order valence-electron chi connectivity index (χ1n) is 6.26. The maximum absolute atomic E-state index is 9.09. The van der Waals surface area contributed by atoms with Crippen molar-refractivity contribution in [3.05, 3.63) is 60.0 Å². The van der Waals surface area contributed by atoms with E-state index in [0.717, 1.165) is 11.1 Å². The second kappa shape index (κ2) is 4.98. The fraction of sp³-hybridized carbons (Fsp3) is 0.0625. The maximum atomic E-state index is 9.09. The van der Waals surface area contributed by atoms with E-state index < -0.39 is 0 Å². The summed E-state index contributed by atoms with van der Waals surface area (Å²) in [5.41, 5.74) is 1.34. The Hall–Kier alpha value is -2.93. The average Bonchev–Trinajstić information content (AvgIpc) is 2.47. The van der Waals surface area contributed by atoms with E-state index in [9.17, 15) is 0 Å². The quantitative estimate of drug-likeness (QED) is 0.765. The molecular formula is C16H12N4. The van der Waals surface area contributed by atoms with Crippen LogP contribution in [0.2, 0.25) is 0 Å². The summed E-state index contributed by atoms with van der Waals surface area (Å²) < 4.78 is 0. The van der Waals surface area contributed by atoms with Gasteiger partial charge in [-0.15, -0.1) is 0 Å². The normalized spacial score (nSPS) is 10.2. The minimum Gasteiger partial charge on any atom is -0.339 e. The molecule has 1 N–H and O–H groups in total. The first-order chi connectivity index (χ1) is 9.76. The van der Waals surface area contributed by atoms with E-state index in [1.165, 1.54) is 11.6 Å². The number of rotatable bonds is 2. The molecule has 0 amide bonds. The lowest BCUT2D eigenvalue weighted by atomic mass is 10.1. The number of fused-ring (bicyclic) bond motifs is 1. The molecule has 3 aromatic rings. The van der Waals surface area contributed by atoms with Crippen LogP contribution in [0.5, 0.6) is 0 Å². The molecule has 0 aliphatic rings. The Morgan fingerprint density at radius 1 is 1.10 bits per heavy atom. The van der Waals surface area contributed by atoms with Crippen molar-refractivity contribution in [3.63, 3.8) is 0 Å². The zero-order valence-electron chi connectivity index (χ0n) is 11.0. The van der Waals surface area contributed by atoms with Gasteiger partial charge in [-0.1, -0.05) is 30.3 Å². The summed E-state index contributed by atoms with van der Waals surface area (Å²) in [6.45, 7) is 1.80. The number of aromatic nitrogens is 2. The molecular weight excluding hydrogens is 248 g/mol. The molecule has 0 bridgehead atoms. The highest BCUT2D eigenvalue weighted by atomic mass is 15.0. The van der Waals surface area contributed by atoms with Crippen LogP contribution in [0.3, 0.4) is 0 Å². The molecule has 3 rings (SSSR count). The topological polar surface area (TPSA) is 61.6 Å². The zero-order valence-corrected chi connectivity index (χ0v) is 11.0. The van der Waals surface area contributed by atoms with Crippen LogP contribution in [0, 0.1) is 18.3 Å². The molecule has 0 aliphatic heterocycles. The molecule has 96 valence electrons. The Kier molecular flexibility index (Phi) is 3.02. The second-order valence-corrected chi connectivity index (χ2v) is 4.48. The van der Waals surface area contributed by atoms with Gasteiger partial charge in [0.1, 0.15) is 17.5 Å². The van der Waals surface area contributed by atoms with Gasteiger partial charge in [0.15, 0.2) is 5.82 Å². The summed E-state index contributed by atoms with van der Waals surface area (Å²) in [6, 6.07) is 16.3. The molecule has 0 fully saturated rings. The van der Waals surface area contributed by atoms with E-state index in [1.54, 1.807) is 6.92 Å². The molecule has 0 radical (unpaired) electrons. The lowest BCUT2D eigenvalue weighted by Gasteiger charge is -2.08. The fourth-order valence-electron chi connectivity index (χ4n) is 2.05. The number of aryl methyl sites for hydroxylation is 1. The third-order valence-electron chi connectivity index (χ3n) is 3.04. The van der Waals surface area contributed by atoms with E-state index in [-0.39, 0.29) is 0 Å². The smallest absolute Gasteiger partial charge is 0.152 e. The number of nitriles is 1. The van der Waals surface area contributed by atoms with Crippen LogP contribution in [0.4, 0.5) is 11.5 Å². The molecule has 0 unspecified atom stereocenters. The van der Waals surface area contributed by atoms with Crippen molar-refractivity contribution in [2.45, 2.75) is 6.92 Å². The Labute approximate surface area is 116 Å². The lowest BCUT2D eigenvalue weighted by molar-refractivity contribution is 1.05. The Bertz CT molecular complexity index is 818. The average molecular weight is 260 g/mol. The zero-order chi connectivity index (χ0) is 13.9. The Balaban J connectivity index is 2.01. The predicted octanol–water partition coefficient (Wildman–Crippen LogP) is 3.55. The molecule has 1 aromatic heterocycles. The third kappa shape index (κ3) is 2.29. The van der Waals surface area contributed by atoms with E-state index >= 15 is 0 Å². The van der Waals surface area contributed by atoms with Crippen LogP contribution < -0.4 is 5.32 Å². The summed E-state index contributed by atoms with van der Waals surface area (Å²) in [7, 11) is 0. The van der Waals surface area contributed by atoms with E-state index in [0.29, 0.717) is 17.2 Å². The molecule has 0 saturated heterocycles. The van der Waals surface area contributed by atoms with Gasteiger partial charge in [-0.3, -0.25) is 0 Å². The van der Waals surface area contributed by atoms with Crippen LogP contribution in [-0.4, -0.2) is 9.97 Å². The highest BCUT2D eigenvalue weighted by Crippen LogP contribution is 2.22. The van der Waals surface area contributed by atoms with Gasteiger partial charge in [-0.05, 0) is 29.8 Å². The van der Waals surface area contributed by atoms with Crippen LogP contribution in [-0.2, 0) is 0 Å². The van der Waals surface area contributed by atoms with Gasteiger partial charge in [0, 0.05) is 5.69 Å². The predicted molar refractivity (Wildman–Crippen MR) is 78.7 cm³/mol. The monoisotopic (exact) mass is 260 g/mol. The molecule has 0 atom stereocenters. The van der Waals surface area contributed by atoms with Crippen LogP contribution >= 0.6 is 0 Å². The maximum Gasteiger partial charge on any atom is 0.152 e. The molecule has 4 nitrogen and oxygen atoms in total. The largest absolute Gasteiger partial charge is 0.339 e. The first kappa shape index (κ1) is 12.1. The van der Waals surface area contributed by atoms with Gasteiger partial charge in [-0.2, -0.15) is 5.26 Å². The molecule has 0 saturated carbocycles. The summed E-state index contributed by atoms with van der Waals surface area (Å²) >= 11 is 0. The molecule has 2 aromatic carbocycles. The van der Waals surface area contributed by atoms with Gasteiger partial charge in [0.05, 0.1) is 6.20 Å².